The van der Waals surface area contributed by atoms with Gasteiger partial charge in [0.25, 0.3) is 0 Å². The summed E-state index contributed by atoms with van der Waals surface area (Å²) in [4.78, 5) is 12.0. The summed E-state index contributed by atoms with van der Waals surface area (Å²) in [5, 5.41) is 28.9. The van der Waals surface area contributed by atoms with Crippen molar-refractivity contribution in [1.29, 1.82) is 5.26 Å². The number of nitrogens with two attached hydrogens (primary N) is 1. The molecule has 21 heavy (non-hydrogen) atoms. The molecule has 0 unspecified atom stereocenters. The third-order valence-corrected chi connectivity index (χ3v) is 3.79. The number of aliphatic hydroxyl groups is 2. The topological polar surface area (TPSA) is 143 Å². The third-order valence-electron chi connectivity index (χ3n) is 3.79. The van der Waals surface area contributed by atoms with Crippen molar-refractivity contribution in [1.82, 2.24) is 19.5 Å². The van der Waals surface area contributed by atoms with Gasteiger partial charge in [0.15, 0.2) is 17.7 Å². The zero-order valence-corrected chi connectivity index (χ0v) is 11.2. The van der Waals surface area contributed by atoms with E-state index in [1.807, 2.05) is 6.07 Å². The predicted octanol–water partition coefficient (Wildman–Crippen LogP) is -0.811. The van der Waals surface area contributed by atoms with E-state index >= 15 is 0 Å². The first-order chi connectivity index (χ1) is 10.0. The van der Waals surface area contributed by atoms with Crippen LogP contribution in [0.2, 0.25) is 0 Å². The first-order valence-corrected chi connectivity index (χ1v) is 6.31. The molecule has 1 aliphatic rings. The van der Waals surface area contributed by atoms with Gasteiger partial charge >= 0.3 is 0 Å². The molecule has 0 aliphatic carbocycles. The highest BCUT2D eigenvalue weighted by atomic mass is 16.6. The van der Waals surface area contributed by atoms with Crippen molar-refractivity contribution in [3.63, 3.8) is 0 Å². The van der Waals surface area contributed by atoms with Crippen LogP contribution in [0.3, 0.4) is 0 Å². The average Bonchev–Trinajstić information content (AvgIpc) is 3.01. The van der Waals surface area contributed by atoms with Crippen molar-refractivity contribution in [3.05, 3.63) is 12.7 Å². The van der Waals surface area contributed by atoms with Crippen LogP contribution >= 0.6 is 0 Å². The Labute approximate surface area is 119 Å². The monoisotopic (exact) mass is 290 g/mol. The molecule has 2 aromatic heterocycles. The molecular weight excluding hydrogens is 276 g/mol. The molecule has 0 bridgehead atoms. The van der Waals surface area contributed by atoms with Crippen LogP contribution in [0.5, 0.6) is 0 Å². The summed E-state index contributed by atoms with van der Waals surface area (Å²) in [6.45, 7) is 1.14. The normalized spacial score (nSPS) is 32.4. The van der Waals surface area contributed by atoms with E-state index in [1.54, 1.807) is 6.92 Å². The van der Waals surface area contributed by atoms with Gasteiger partial charge in [-0.1, -0.05) is 0 Å². The molecule has 0 amide bonds. The van der Waals surface area contributed by atoms with Gasteiger partial charge in [-0.15, -0.1) is 0 Å². The van der Waals surface area contributed by atoms with Crippen LogP contribution in [-0.2, 0) is 4.74 Å². The maximum absolute atomic E-state index is 10.2. The summed E-state index contributed by atoms with van der Waals surface area (Å²) in [5.41, 5.74) is 5.30. The highest BCUT2D eigenvalue weighted by Gasteiger charge is 2.52. The summed E-state index contributed by atoms with van der Waals surface area (Å²) in [6, 6.07) is 2.01. The minimum Gasteiger partial charge on any atom is -0.393 e. The Kier molecular flexibility index (Phi) is 3.02. The van der Waals surface area contributed by atoms with Gasteiger partial charge in [-0.25, -0.2) is 15.0 Å². The fourth-order valence-electron chi connectivity index (χ4n) is 2.51. The summed E-state index contributed by atoms with van der Waals surface area (Å²) in [5.74, 6) is -0.647. The molecule has 1 saturated heterocycles. The van der Waals surface area contributed by atoms with Crippen molar-refractivity contribution in [3.8, 4) is 6.07 Å². The maximum Gasteiger partial charge on any atom is 0.167 e. The number of hydrogen-bond acceptors (Lipinski definition) is 8. The van der Waals surface area contributed by atoms with Gasteiger partial charge in [-0.2, -0.15) is 5.26 Å². The minimum atomic E-state index is -1.22. The van der Waals surface area contributed by atoms with E-state index in [4.69, 9.17) is 10.5 Å². The number of nitrogens with zero attached hydrogens (tertiary/aromatic N) is 5. The zero-order valence-electron chi connectivity index (χ0n) is 11.2. The second-order valence-electron chi connectivity index (χ2n) is 5.16. The SMILES string of the molecule is C[C@]1(CO)O[C@@H](n2cnc3c(N)ncnc32)[C@@H](C#N)[C@@H]1O. The van der Waals surface area contributed by atoms with Crippen LogP contribution < -0.4 is 5.73 Å². The second-order valence-corrected chi connectivity index (χ2v) is 5.16. The Bertz CT molecular complexity index is 725. The number of ether oxygens (including phenoxy) is 1. The van der Waals surface area contributed by atoms with Crippen LogP contribution in [0.15, 0.2) is 12.7 Å². The van der Waals surface area contributed by atoms with Crippen LogP contribution in [0.1, 0.15) is 13.2 Å². The van der Waals surface area contributed by atoms with Gasteiger partial charge in [0, 0.05) is 0 Å². The fourth-order valence-corrected chi connectivity index (χ4v) is 2.51. The molecule has 9 nitrogen and oxygen atoms in total. The first-order valence-electron chi connectivity index (χ1n) is 6.31. The number of fused-ring (bicyclic) bond motifs is 1. The van der Waals surface area contributed by atoms with Crippen LogP contribution in [-0.4, -0.2) is 48.0 Å². The van der Waals surface area contributed by atoms with Gasteiger partial charge in [0.05, 0.1) is 19.0 Å². The highest BCUT2D eigenvalue weighted by molar-refractivity contribution is 5.81. The number of imidazole rings is 1. The number of nitrogen functional groups attached to an aromatic ring is 1. The minimum absolute atomic E-state index is 0.218. The van der Waals surface area contributed by atoms with Crippen LogP contribution in [0.4, 0.5) is 5.82 Å². The molecule has 0 aromatic carbocycles. The fraction of sp³-hybridized carbons (Fsp3) is 0.500. The molecular formula is C12H14N6O3. The van der Waals surface area contributed by atoms with E-state index in [2.05, 4.69) is 15.0 Å². The maximum atomic E-state index is 10.2. The first kappa shape index (κ1) is 13.7. The largest absolute Gasteiger partial charge is 0.393 e. The molecule has 4 atom stereocenters. The quantitative estimate of drug-likeness (QED) is 0.651. The molecule has 0 spiro atoms. The second kappa shape index (κ2) is 4.63. The number of hydrogen-bond donors (Lipinski definition) is 3. The molecule has 2 aromatic rings. The predicted molar refractivity (Wildman–Crippen MR) is 70.5 cm³/mol. The lowest BCUT2D eigenvalue weighted by Crippen LogP contribution is -2.41. The number of aromatic nitrogens is 4. The molecule has 1 fully saturated rings. The van der Waals surface area contributed by atoms with E-state index in [-0.39, 0.29) is 5.82 Å². The van der Waals surface area contributed by atoms with Crippen molar-refractivity contribution in [2.45, 2.75) is 24.9 Å². The summed E-state index contributed by atoms with van der Waals surface area (Å²) >= 11 is 0. The van der Waals surface area contributed by atoms with Crippen molar-refractivity contribution in [2.75, 3.05) is 12.3 Å². The van der Waals surface area contributed by atoms with Gasteiger partial charge in [0.2, 0.25) is 0 Å². The molecule has 0 radical (unpaired) electrons. The molecule has 1 aliphatic heterocycles. The average molecular weight is 290 g/mol. The number of nitriles is 1. The molecule has 3 heterocycles. The van der Waals surface area contributed by atoms with E-state index in [0.29, 0.717) is 11.2 Å². The number of rotatable bonds is 2. The molecule has 4 N–H and O–H groups in total. The van der Waals surface area contributed by atoms with E-state index < -0.39 is 30.5 Å². The molecule has 3 rings (SSSR count). The van der Waals surface area contributed by atoms with Crippen LogP contribution in [0.25, 0.3) is 11.2 Å². The van der Waals surface area contributed by atoms with Crippen molar-refractivity contribution in [2.24, 2.45) is 5.92 Å². The standard InChI is InChI=1S/C12H14N6O3/c1-12(3-19)8(20)6(2-13)11(21-12)18-5-17-7-9(14)15-4-16-10(7)18/h4-6,8,11,19-20H,3H2,1H3,(H2,14,15,16)/t6-,8-,11+,12+/m0/s1. The van der Waals surface area contributed by atoms with Crippen molar-refractivity contribution >= 4 is 17.0 Å². The molecule has 0 saturated carbocycles. The lowest BCUT2D eigenvalue weighted by molar-refractivity contribution is -0.115. The van der Waals surface area contributed by atoms with Gasteiger partial charge in [-0.05, 0) is 6.92 Å². The van der Waals surface area contributed by atoms with E-state index in [9.17, 15) is 15.5 Å². The lowest BCUT2D eigenvalue weighted by atomic mass is 9.92. The Morgan fingerprint density at radius 2 is 2.29 bits per heavy atom. The molecule has 9 heteroatoms. The van der Waals surface area contributed by atoms with Gasteiger partial charge < -0.3 is 20.7 Å². The Morgan fingerprint density at radius 3 is 2.95 bits per heavy atom. The number of aliphatic hydroxyl groups excluding tert-OH is 2. The lowest BCUT2D eigenvalue weighted by Gasteiger charge is -2.24. The van der Waals surface area contributed by atoms with E-state index in [1.165, 1.54) is 17.2 Å². The highest BCUT2D eigenvalue weighted by Crippen LogP contribution is 2.41. The third kappa shape index (κ3) is 1.84. The zero-order chi connectivity index (χ0) is 15.2. The summed E-state index contributed by atoms with van der Waals surface area (Å²) < 4.78 is 7.22. The Hall–Kier alpha value is -2.28. The van der Waals surface area contributed by atoms with Gasteiger partial charge in [-0.3, -0.25) is 4.57 Å². The smallest absolute Gasteiger partial charge is 0.167 e. The molecule has 110 valence electrons. The van der Waals surface area contributed by atoms with Crippen molar-refractivity contribution < 1.29 is 14.9 Å². The van der Waals surface area contributed by atoms with E-state index in [0.717, 1.165) is 0 Å². The van der Waals surface area contributed by atoms with Gasteiger partial charge in [0.1, 0.15) is 29.5 Å². The Morgan fingerprint density at radius 1 is 1.52 bits per heavy atom. The van der Waals surface area contributed by atoms with Crippen LogP contribution in [0, 0.1) is 17.2 Å². The summed E-state index contributed by atoms with van der Waals surface area (Å²) in [6.07, 6.45) is 0.768. The summed E-state index contributed by atoms with van der Waals surface area (Å²) in [7, 11) is 0. The number of anilines is 1. The Balaban J connectivity index is 2.10.